The van der Waals surface area contributed by atoms with Gasteiger partial charge in [0.05, 0.1) is 6.04 Å². The van der Waals surface area contributed by atoms with Crippen molar-refractivity contribution in [1.29, 1.82) is 0 Å². The average molecular weight is 580 g/mol. The first-order valence-electron chi connectivity index (χ1n) is 12.7. The predicted octanol–water partition coefficient (Wildman–Crippen LogP) is 1.99. The van der Waals surface area contributed by atoms with Crippen LogP contribution in [0, 0.1) is 18.8 Å². The van der Waals surface area contributed by atoms with E-state index in [-0.39, 0.29) is 42.5 Å². The third-order valence-corrected chi connectivity index (χ3v) is 8.50. The van der Waals surface area contributed by atoms with Crippen molar-refractivity contribution >= 4 is 52.5 Å². The summed E-state index contributed by atoms with van der Waals surface area (Å²) in [6.07, 6.45) is 8.43. The first kappa shape index (κ1) is 31.6. The molecule has 6 N–H and O–H groups in total. The number of carbonyl (C=O) groups excluding carboxylic acids is 2. The van der Waals surface area contributed by atoms with Crippen LogP contribution in [0.3, 0.4) is 0 Å². The number of anilines is 1. The van der Waals surface area contributed by atoms with Gasteiger partial charge in [-0.25, -0.2) is 18.5 Å². The van der Waals surface area contributed by atoms with E-state index in [0.29, 0.717) is 37.7 Å². The van der Waals surface area contributed by atoms with Crippen molar-refractivity contribution in [2.45, 2.75) is 82.8 Å². The highest BCUT2D eigenvalue weighted by atomic mass is 35.5. The quantitative estimate of drug-likeness (QED) is 0.348. The van der Waals surface area contributed by atoms with E-state index in [0.717, 1.165) is 49.8 Å². The van der Waals surface area contributed by atoms with Crippen molar-refractivity contribution in [3.8, 4) is 0 Å². The lowest BCUT2D eigenvalue weighted by Gasteiger charge is -2.38. The molecule has 0 radical (unpaired) electrons. The number of rotatable bonds is 9. The summed E-state index contributed by atoms with van der Waals surface area (Å²) in [7, 11) is -3.78. The molecule has 10 nitrogen and oxygen atoms in total. The number of carbonyl (C=O) groups is 2. The number of piperidine rings is 1. The van der Waals surface area contributed by atoms with Gasteiger partial charge in [-0.1, -0.05) is 38.2 Å². The van der Waals surface area contributed by atoms with Gasteiger partial charge < -0.3 is 16.0 Å². The Morgan fingerprint density at radius 1 is 1.16 bits per heavy atom. The minimum Gasteiger partial charge on any atom is -0.384 e. The van der Waals surface area contributed by atoms with Gasteiger partial charge >= 0.3 is 0 Å². The molecule has 2 amide bonds. The van der Waals surface area contributed by atoms with Gasteiger partial charge in [-0.15, -0.1) is 24.8 Å². The number of hydrogen-bond acceptors (Lipinski definition) is 7. The van der Waals surface area contributed by atoms with Crippen LogP contribution >= 0.6 is 24.8 Å². The van der Waals surface area contributed by atoms with Gasteiger partial charge in [0.15, 0.2) is 0 Å². The number of sulfonamides is 1. The molecular weight excluding hydrogens is 539 g/mol. The van der Waals surface area contributed by atoms with E-state index in [2.05, 4.69) is 15.6 Å². The second-order valence-corrected chi connectivity index (χ2v) is 12.0. The standard InChI is InChI=1S/C24H38N6O4S.2ClH/c1-16-18(9-10-21(25)29-16)14-27-23(32)24-13-19(24)8-5-11-30(24)22(31)20(28-15-35(26,33)34)12-17-6-3-2-4-7-17;;/h9-10,17,19-20,28H,2-8,11-15H2,1H3,(H2,25,29)(H,27,32)(H2,26,33,34);2*1H/t19-,20-,24+;;/m1../s1. The largest absolute Gasteiger partial charge is 0.384 e. The van der Waals surface area contributed by atoms with Crippen molar-refractivity contribution in [2.24, 2.45) is 17.0 Å². The molecule has 0 aromatic carbocycles. The Labute approximate surface area is 231 Å². The van der Waals surface area contributed by atoms with Crippen LogP contribution in [0.1, 0.15) is 69.0 Å². The summed E-state index contributed by atoms with van der Waals surface area (Å²) in [5.41, 5.74) is 6.50. The molecule has 210 valence electrons. The highest BCUT2D eigenvalue weighted by Crippen LogP contribution is 2.54. The summed E-state index contributed by atoms with van der Waals surface area (Å²) in [6, 6.07) is 2.88. The molecule has 1 aliphatic heterocycles. The Morgan fingerprint density at radius 3 is 2.51 bits per heavy atom. The fraction of sp³-hybridized carbons (Fsp3) is 0.708. The molecule has 2 heterocycles. The third-order valence-electron chi connectivity index (χ3n) is 7.93. The van der Waals surface area contributed by atoms with Crippen LogP contribution in [0.2, 0.25) is 0 Å². The van der Waals surface area contributed by atoms with E-state index in [1.807, 2.05) is 13.0 Å². The molecule has 1 saturated heterocycles. The maximum Gasteiger partial charge on any atom is 0.246 e. The summed E-state index contributed by atoms with van der Waals surface area (Å²) in [5.74, 6) is 0.0985. The first-order valence-corrected chi connectivity index (χ1v) is 14.4. The molecule has 0 bridgehead atoms. The number of aromatic nitrogens is 1. The van der Waals surface area contributed by atoms with Gasteiger partial charge in [-0.05, 0) is 56.1 Å². The van der Waals surface area contributed by atoms with Crippen molar-refractivity contribution in [2.75, 3.05) is 18.2 Å². The molecule has 1 aromatic rings. The zero-order valence-corrected chi connectivity index (χ0v) is 23.7. The van der Waals surface area contributed by atoms with Gasteiger partial charge in [0.1, 0.15) is 17.2 Å². The zero-order valence-electron chi connectivity index (χ0n) is 21.3. The van der Waals surface area contributed by atoms with Gasteiger partial charge in [0.2, 0.25) is 21.8 Å². The molecule has 3 fully saturated rings. The SMILES string of the molecule is Cc1nc(N)ccc1CNC(=O)[C@]12C[C@H]1CCCN2C(=O)[C@@H](CC1CCCCC1)NCS(N)(=O)=O.Cl.Cl. The summed E-state index contributed by atoms with van der Waals surface area (Å²) in [6.45, 7) is 2.65. The van der Waals surface area contributed by atoms with E-state index in [1.54, 1.807) is 11.0 Å². The molecule has 4 rings (SSSR count). The van der Waals surface area contributed by atoms with E-state index in [9.17, 15) is 18.0 Å². The summed E-state index contributed by atoms with van der Waals surface area (Å²) < 4.78 is 23.3. The van der Waals surface area contributed by atoms with E-state index in [4.69, 9.17) is 10.9 Å². The minimum atomic E-state index is -3.78. The minimum absolute atomic E-state index is 0. The van der Waals surface area contributed by atoms with E-state index in [1.165, 1.54) is 6.42 Å². The molecule has 1 aromatic heterocycles. The Morgan fingerprint density at radius 2 is 1.86 bits per heavy atom. The molecule has 0 spiro atoms. The van der Waals surface area contributed by atoms with Crippen LogP contribution in [0.15, 0.2) is 12.1 Å². The second kappa shape index (κ2) is 12.9. The van der Waals surface area contributed by atoms with Crippen LogP contribution in [0.4, 0.5) is 5.82 Å². The number of hydrogen-bond donors (Lipinski definition) is 4. The van der Waals surface area contributed by atoms with Crippen molar-refractivity contribution < 1.29 is 18.0 Å². The average Bonchev–Trinajstić information content (AvgIpc) is 3.57. The Hall–Kier alpha value is -1.66. The number of aryl methyl sites for hydroxylation is 1. The molecule has 13 heteroatoms. The fourth-order valence-corrected chi connectivity index (χ4v) is 6.38. The monoisotopic (exact) mass is 578 g/mol. The number of primary sulfonamides is 1. The van der Waals surface area contributed by atoms with E-state index < -0.39 is 27.5 Å². The summed E-state index contributed by atoms with van der Waals surface area (Å²) in [4.78, 5) is 33.3. The van der Waals surface area contributed by atoms with Crippen LogP contribution in [-0.4, -0.2) is 54.1 Å². The molecule has 0 unspecified atom stereocenters. The summed E-state index contributed by atoms with van der Waals surface area (Å²) >= 11 is 0. The number of halogens is 2. The molecule has 3 atom stereocenters. The van der Waals surface area contributed by atoms with Gasteiger partial charge in [0.25, 0.3) is 0 Å². The van der Waals surface area contributed by atoms with E-state index >= 15 is 0 Å². The zero-order chi connectivity index (χ0) is 25.2. The van der Waals surface area contributed by atoms with Gasteiger partial charge in [-0.3, -0.25) is 14.9 Å². The fourth-order valence-electron chi connectivity index (χ4n) is 5.95. The van der Waals surface area contributed by atoms with Crippen LogP contribution in [-0.2, 0) is 26.2 Å². The van der Waals surface area contributed by atoms with Crippen LogP contribution in [0.5, 0.6) is 0 Å². The number of pyridine rings is 1. The lowest BCUT2D eigenvalue weighted by atomic mass is 9.84. The van der Waals surface area contributed by atoms with Crippen LogP contribution < -0.4 is 21.5 Å². The van der Waals surface area contributed by atoms with Crippen molar-refractivity contribution in [1.82, 2.24) is 20.5 Å². The topological polar surface area (TPSA) is 161 Å². The number of nitrogen functional groups attached to an aromatic ring is 1. The molecule has 37 heavy (non-hydrogen) atoms. The Bertz CT molecular complexity index is 1070. The smallest absolute Gasteiger partial charge is 0.246 e. The van der Waals surface area contributed by atoms with Crippen LogP contribution in [0.25, 0.3) is 0 Å². The number of fused-ring (bicyclic) bond motifs is 1. The molecule has 3 aliphatic rings. The lowest BCUT2D eigenvalue weighted by Crippen LogP contribution is -2.60. The third kappa shape index (κ3) is 7.47. The highest BCUT2D eigenvalue weighted by Gasteiger charge is 2.66. The lowest BCUT2D eigenvalue weighted by molar-refractivity contribution is -0.146. The maximum absolute atomic E-state index is 13.8. The Kier molecular flexibility index (Phi) is 11.0. The highest BCUT2D eigenvalue weighted by molar-refractivity contribution is 7.89. The summed E-state index contributed by atoms with van der Waals surface area (Å²) in [5, 5.41) is 11.2. The second-order valence-electron chi connectivity index (χ2n) is 10.4. The normalized spacial score (nSPS) is 24.2. The molecule has 2 saturated carbocycles. The number of nitrogens with two attached hydrogens (primary N) is 2. The number of amides is 2. The number of nitrogens with one attached hydrogen (secondary N) is 2. The van der Waals surface area contributed by atoms with Gasteiger partial charge in [0, 0.05) is 18.8 Å². The Balaban J connectivity index is 0.00000241. The van der Waals surface area contributed by atoms with Gasteiger partial charge in [-0.2, -0.15) is 0 Å². The molecule has 2 aliphatic carbocycles. The maximum atomic E-state index is 13.8. The van der Waals surface area contributed by atoms with Crippen molar-refractivity contribution in [3.63, 3.8) is 0 Å². The molecular formula is C24H40Cl2N6O4S. The number of likely N-dealkylation sites (tertiary alicyclic amines) is 1. The predicted molar refractivity (Wildman–Crippen MR) is 148 cm³/mol. The first-order chi connectivity index (χ1) is 16.6. The number of nitrogens with zero attached hydrogens (tertiary/aromatic N) is 2. The van der Waals surface area contributed by atoms with Crippen molar-refractivity contribution in [3.05, 3.63) is 23.4 Å².